The molecule has 0 unspecified atom stereocenters. The van der Waals surface area contributed by atoms with E-state index in [0.29, 0.717) is 17.5 Å². The van der Waals surface area contributed by atoms with Gasteiger partial charge in [0.15, 0.2) is 11.5 Å². The lowest BCUT2D eigenvalue weighted by atomic mass is 10.2. The summed E-state index contributed by atoms with van der Waals surface area (Å²) in [7, 11) is 0. The molecule has 0 amide bonds. The second-order valence-electron chi connectivity index (χ2n) is 7.45. The van der Waals surface area contributed by atoms with Gasteiger partial charge in [0, 0.05) is 24.0 Å². The zero-order valence-corrected chi connectivity index (χ0v) is 20.3. The number of imidazole rings is 1. The summed E-state index contributed by atoms with van der Waals surface area (Å²) < 4.78 is 2.00. The van der Waals surface area contributed by atoms with Gasteiger partial charge < -0.3 is 5.73 Å². The number of aryl methyl sites for hydroxylation is 1. The molecule has 0 saturated heterocycles. The molecule has 1 aromatic carbocycles. The quantitative estimate of drug-likeness (QED) is 0.298. The van der Waals surface area contributed by atoms with Crippen molar-refractivity contribution in [2.45, 2.75) is 33.1 Å². The lowest BCUT2D eigenvalue weighted by Crippen LogP contribution is -2.02. The van der Waals surface area contributed by atoms with Crippen LogP contribution in [0.25, 0.3) is 39.6 Å². The molecule has 0 atom stereocenters. The molecule has 0 saturated carbocycles. The number of anilines is 1. The van der Waals surface area contributed by atoms with Gasteiger partial charge in [-0.15, -0.1) is 11.6 Å². The fourth-order valence-electron chi connectivity index (χ4n) is 3.65. The van der Waals surface area contributed by atoms with Gasteiger partial charge in [0.25, 0.3) is 0 Å². The van der Waals surface area contributed by atoms with Crippen molar-refractivity contribution in [3.05, 3.63) is 84.2 Å². The van der Waals surface area contributed by atoms with Crippen LogP contribution in [0.15, 0.2) is 73.1 Å². The average Bonchev–Trinajstić information content (AvgIpc) is 3.28. The van der Waals surface area contributed by atoms with E-state index in [-0.39, 0.29) is 0 Å². The minimum atomic E-state index is 0.415. The second kappa shape index (κ2) is 10.4. The summed E-state index contributed by atoms with van der Waals surface area (Å²) in [4.78, 5) is 18.6. The summed E-state index contributed by atoms with van der Waals surface area (Å²) in [5.74, 6) is 1.55. The first-order chi connectivity index (χ1) is 16.7. The number of benzene rings is 1. The number of aromatic nitrogens is 5. The predicted octanol–water partition coefficient (Wildman–Crippen LogP) is 6.45. The number of fused-ring (bicyclic) bond motifs is 1. The van der Waals surface area contributed by atoms with Gasteiger partial charge in [-0.25, -0.2) is 15.0 Å². The number of pyridine rings is 3. The number of hydrogen-bond donors (Lipinski definition) is 1. The van der Waals surface area contributed by atoms with Gasteiger partial charge in [-0.3, -0.25) is 9.55 Å². The molecule has 7 heteroatoms. The maximum Gasteiger partial charge on any atom is 0.165 e. The van der Waals surface area contributed by atoms with Crippen molar-refractivity contribution in [2.24, 2.45) is 0 Å². The fourth-order valence-corrected chi connectivity index (χ4v) is 3.83. The van der Waals surface area contributed by atoms with Crippen molar-refractivity contribution < 1.29 is 0 Å². The zero-order chi connectivity index (χ0) is 24.1. The van der Waals surface area contributed by atoms with E-state index >= 15 is 0 Å². The zero-order valence-electron chi connectivity index (χ0n) is 19.5. The third-order valence-corrected chi connectivity index (χ3v) is 5.74. The number of alkyl halides is 1. The molecule has 4 aromatic heterocycles. The molecule has 2 N–H and O–H groups in total. The van der Waals surface area contributed by atoms with Crippen LogP contribution in [0, 0.1) is 0 Å². The Morgan fingerprint density at radius 1 is 0.853 bits per heavy atom. The van der Waals surface area contributed by atoms with E-state index in [4.69, 9.17) is 27.3 Å². The highest BCUT2D eigenvalue weighted by molar-refractivity contribution is 6.17. The molecule has 5 aromatic rings. The minimum absolute atomic E-state index is 0.415. The van der Waals surface area contributed by atoms with Crippen LogP contribution in [-0.2, 0) is 12.3 Å². The van der Waals surface area contributed by atoms with Gasteiger partial charge >= 0.3 is 0 Å². The van der Waals surface area contributed by atoms with Crippen molar-refractivity contribution in [2.75, 3.05) is 5.73 Å². The molecular weight excluding hydrogens is 444 g/mol. The Morgan fingerprint density at radius 2 is 1.59 bits per heavy atom. The van der Waals surface area contributed by atoms with E-state index in [9.17, 15) is 0 Å². The normalized spacial score (nSPS) is 10.7. The number of nitrogens with two attached hydrogens (primary N) is 1. The van der Waals surface area contributed by atoms with Crippen molar-refractivity contribution in [3.63, 3.8) is 0 Å². The van der Waals surface area contributed by atoms with Crippen LogP contribution in [0.2, 0.25) is 0 Å². The third kappa shape index (κ3) is 4.50. The van der Waals surface area contributed by atoms with E-state index < -0.39 is 0 Å². The highest BCUT2D eigenvalue weighted by Gasteiger charge is 2.18. The largest absolute Gasteiger partial charge is 0.383 e. The maximum absolute atomic E-state index is 6.20. The number of nitrogen functional groups attached to an aromatic ring is 1. The first-order valence-electron chi connectivity index (χ1n) is 11.4. The van der Waals surface area contributed by atoms with Gasteiger partial charge in [0.1, 0.15) is 11.3 Å². The molecule has 0 aliphatic carbocycles. The highest BCUT2D eigenvalue weighted by Crippen LogP contribution is 2.31. The Kier molecular flexibility index (Phi) is 7.18. The van der Waals surface area contributed by atoms with E-state index in [1.165, 1.54) is 5.56 Å². The van der Waals surface area contributed by atoms with Crippen LogP contribution in [0.4, 0.5) is 5.82 Å². The van der Waals surface area contributed by atoms with Crippen LogP contribution in [-0.4, -0.2) is 24.5 Å². The van der Waals surface area contributed by atoms with Crippen LogP contribution in [0.3, 0.4) is 0 Å². The van der Waals surface area contributed by atoms with Crippen LogP contribution < -0.4 is 5.73 Å². The molecule has 0 bridgehead atoms. The van der Waals surface area contributed by atoms with Gasteiger partial charge in [0.2, 0.25) is 0 Å². The summed E-state index contributed by atoms with van der Waals surface area (Å²) in [6.45, 7) is 6.11. The van der Waals surface area contributed by atoms with Crippen molar-refractivity contribution in [1.82, 2.24) is 24.5 Å². The summed E-state index contributed by atoms with van der Waals surface area (Å²) in [5.41, 5.74) is 13.2. The van der Waals surface area contributed by atoms with E-state index in [1.807, 2.05) is 79.2 Å². The lowest BCUT2D eigenvalue weighted by Gasteiger charge is -2.11. The third-order valence-electron chi connectivity index (χ3n) is 5.43. The Bertz CT molecular complexity index is 1390. The lowest BCUT2D eigenvalue weighted by molar-refractivity contribution is 1.07. The maximum atomic E-state index is 6.20. The van der Waals surface area contributed by atoms with Crippen LogP contribution in [0.1, 0.15) is 31.9 Å². The number of rotatable bonds is 5. The predicted molar refractivity (Wildman–Crippen MR) is 140 cm³/mol. The highest BCUT2D eigenvalue weighted by atomic mass is 35.5. The van der Waals surface area contributed by atoms with Crippen molar-refractivity contribution >= 4 is 28.6 Å². The first kappa shape index (κ1) is 23.4. The molecule has 0 radical (unpaired) electrons. The van der Waals surface area contributed by atoms with Gasteiger partial charge in [-0.05, 0) is 60.0 Å². The second-order valence-corrected chi connectivity index (χ2v) is 7.72. The summed E-state index contributed by atoms with van der Waals surface area (Å²) in [6.07, 6.45) is 4.51. The van der Waals surface area contributed by atoms with Crippen molar-refractivity contribution in [1.29, 1.82) is 0 Å². The molecule has 0 fully saturated rings. The molecule has 5 rings (SSSR count). The Labute approximate surface area is 204 Å². The Balaban J connectivity index is 0.00000133. The number of hydrogen-bond acceptors (Lipinski definition) is 5. The molecule has 172 valence electrons. The van der Waals surface area contributed by atoms with E-state index in [2.05, 4.69) is 23.0 Å². The SMILES string of the molecule is CC.CCc1ccc(-c2ccc3nc(-c4cccnc4N)n(-c4ccc(CCl)cc4)c3n2)nc1. The number of nitrogens with zero attached hydrogens (tertiary/aromatic N) is 5. The smallest absolute Gasteiger partial charge is 0.165 e. The molecule has 0 aliphatic rings. The van der Waals surface area contributed by atoms with Crippen molar-refractivity contribution in [3.8, 4) is 28.5 Å². The van der Waals surface area contributed by atoms with Gasteiger partial charge in [-0.1, -0.05) is 39.0 Å². The molecular formula is C27H27ClN6. The topological polar surface area (TPSA) is 82.5 Å². The monoisotopic (exact) mass is 470 g/mol. The summed E-state index contributed by atoms with van der Waals surface area (Å²) in [6, 6.07) is 19.8. The molecule has 0 aliphatic heterocycles. The number of halogens is 1. The minimum Gasteiger partial charge on any atom is -0.383 e. The standard InChI is InChI=1S/C25H21ClN6.C2H6/c1-2-16-7-10-20(29-15-16)21-11-12-22-25(30-21)32(18-8-5-17(14-26)6-9-18)24(31-22)19-4-3-13-28-23(19)27;1-2/h3-13,15H,2,14H2,1H3,(H2,27,28);1-2H3. The molecule has 34 heavy (non-hydrogen) atoms. The Morgan fingerprint density at radius 3 is 2.24 bits per heavy atom. The van der Waals surface area contributed by atoms with E-state index in [0.717, 1.165) is 45.8 Å². The Hall–Kier alpha value is -3.77. The van der Waals surface area contributed by atoms with Crippen LogP contribution >= 0.6 is 11.6 Å². The summed E-state index contributed by atoms with van der Waals surface area (Å²) in [5, 5.41) is 0. The molecule has 4 heterocycles. The summed E-state index contributed by atoms with van der Waals surface area (Å²) >= 11 is 5.99. The van der Waals surface area contributed by atoms with Gasteiger partial charge in [-0.2, -0.15) is 0 Å². The average molecular weight is 471 g/mol. The fraction of sp³-hybridized carbons (Fsp3) is 0.185. The van der Waals surface area contributed by atoms with Crippen LogP contribution in [0.5, 0.6) is 0 Å². The molecule has 6 nitrogen and oxygen atoms in total. The van der Waals surface area contributed by atoms with Gasteiger partial charge in [0.05, 0.1) is 17.0 Å². The van der Waals surface area contributed by atoms with E-state index in [1.54, 1.807) is 6.20 Å². The molecule has 0 spiro atoms. The first-order valence-corrected chi connectivity index (χ1v) is 11.9.